The third-order valence-corrected chi connectivity index (χ3v) is 3.37. The molecule has 0 amide bonds. The largest absolute Gasteiger partial charge is 0.489 e. The fourth-order valence-corrected chi connectivity index (χ4v) is 2.14. The van der Waals surface area contributed by atoms with Crippen LogP contribution in [0, 0.1) is 17.0 Å². The van der Waals surface area contributed by atoms with Crippen LogP contribution in [0.1, 0.15) is 29.7 Å². The van der Waals surface area contributed by atoms with Crippen molar-refractivity contribution < 1.29 is 14.8 Å². The van der Waals surface area contributed by atoms with E-state index >= 15 is 0 Å². The van der Waals surface area contributed by atoms with Gasteiger partial charge in [0.2, 0.25) is 0 Å². The summed E-state index contributed by atoms with van der Waals surface area (Å²) in [6.07, 6.45) is -0.632. The normalized spacial score (nSPS) is 12.0. The van der Waals surface area contributed by atoms with Gasteiger partial charge in [-0.05, 0) is 25.5 Å². The second-order valence-corrected chi connectivity index (χ2v) is 4.82. The van der Waals surface area contributed by atoms with Crippen LogP contribution in [0.2, 0.25) is 0 Å². The first kappa shape index (κ1) is 15.0. The Labute approximate surface area is 123 Å². The van der Waals surface area contributed by atoms with Crippen LogP contribution in [-0.4, -0.2) is 10.0 Å². The summed E-state index contributed by atoms with van der Waals surface area (Å²) in [5, 5.41) is 20.6. The molecule has 0 heterocycles. The number of nitrogens with zero attached hydrogens (tertiary/aromatic N) is 1. The van der Waals surface area contributed by atoms with Crippen molar-refractivity contribution >= 4 is 5.69 Å². The van der Waals surface area contributed by atoms with E-state index in [1.165, 1.54) is 6.07 Å². The molecule has 0 radical (unpaired) electrons. The summed E-state index contributed by atoms with van der Waals surface area (Å²) in [6, 6.07) is 12.1. The summed E-state index contributed by atoms with van der Waals surface area (Å²) >= 11 is 0. The summed E-state index contributed by atoms with van der Waals surface area (Å²) < 4.78 is 5.72. The maximum absolute atomic E-state index is 10.9. The van der Waals surface area contributed by atoms with Crippen molar-refractivity contribution in [3.05, 3.63) is 69.3 Å². The highest BCUT2D eigenvalue weighted by Gasteiger charge is 2.14. The van der Waals surface area contributed by atoms with Gasteiger partial charge in [-0.3, -0.25) is 10.1 Å². The van der Waals surface area contributed by atoms with Crippen molar-refractivity contribution in [3.8, 4) is 5.75 Å². The number of rotatable bonds is 5. The van der Waals surface area contributed by atoms with E-state index in [-0.39, 0.29) is 12.3 Å². The van der Waals surface area contributed by atoms with Crippen molar-refractivity contribution in [2.75, 3.05) is 0 Å². The van der Waals surface area contributed by atoms with Gasteiger partial charge in [0.15, 0.2) is 0 Å². The van der Waals surface area contributed by atoms with Crippen LogP contribution >= 0.6 is 0 Å². The Balaban J connectivity index is 2.21. The van der Waals surface area contributed by atoms with Gasteiger partial charge in [0.25, 0.3) is 5.69 Å². The lowest BCUT2D eigenvalue weighted by atomic mass is 10.1. The summed E-state index contributed by atoms with van der Waals surface area (Å²) in [7, 11) is 0. The summed E-state index contributed by atoms with van der Waals surface area (Å²) in [5.74, 6) is 0.582. The standard InChI is InChI=1S/C16H17NO4/c1-11-13(6-5-8-15(11)17(19)20)10-21-16-9-4-3-7-14(16)12(2)18/h3-9,12,18H,10H2,1-2H3/t12-/m0/s1. The topological polar surface area (TPSA) is 72.6 Å². The maximum atomic E-state index is 10.9. The number of hydrogen-bond donors (Lipinski definition) is 1. The van der Waals surface area contributed by atoms with Crippen molar-refractivity contribution in [2.45, 2.75) is 26.6 Å². The molecular weight excluding hydrogens is 270 g/mol. The Hall–Kier alpha value is -2.40. The summed E-state index contributed by atoms with van der Waals surface area (Å²) in [5.41, 5.74) is 2.13. The molecule has 0 aliphatic rings. The van der Waals surface area contributed by atoms with E-state index in [9.17, 15) is 15.2 Å². The smallest absolute Gasteiger partial charge is 0.272 e. The third kappa shape index (κ3) is 3.38. The average Bonchev–Trinajstić information content (AvgIpc) is 2.46. The molecule has 0 unspecified atom stereocenters. The first-order valence-electron chi connectivity index (χ1n) is 6.63. The predicted molar refractivity (Wildman–Crippen MR) is 79.2 cm³/mol. The number of benzene rings is 2. The Morgan fingerprint density at radius 2 is 1.95 bits per heavy atom. The van der Waals surface area contributed by atoms with Crippen LogP contribution in [-0.2, 0) is 6.61 Å². The Morgan fingerprint density at radius 1 is 1.24 bits per heavy atom. The van der Waals surface area contributed by atoms with Gasteiger partial charge in [0.05, 0.1) is 11.0 Å². The van der Waals surface area contributed by atoms with Crippen LogP contribution in [0.5, 0.6) is 5.75 Å². The molecule has 5 nitrogen and oxygen atoms in total. The molecule has 0 aromatic heterocycles. The molecule has 5 heteroatoms. The van der Waals surface area contributed by atoms with Gasteiger partial charge in [-0.1, -0.05) is 30.3 Å². The number of para-hydroxylation sites is 1. The van der Waals surface area contributed by atoms with E-state index < -0.39 is 11.0 Å². The minimum atomic E-state index is -0.632. The molecular formula is C16H17NO4. The molecule has 2 aromatic rings. The van der Waals surface area contributed by atoms with Crippen LogP contribution in [0.25, 0.3) is 0 Å². The van der Waals surface area contributed by atoms with Crippen LogP contribution in [0.3, 0.4) is 0 Å². The van der Waals surface area contributed by atoms with Gasteiger partial charge in [-0.25, -0.2) is 0 Å². The molecule has 1 atom stereocenters. The Kier molecular flexibility index (Phi) is 4.55. The fraction of sp³-hybridized carbons (Fsp3) is 0.250. The monoisotopic (exact) mass is 287 g/mol. The van der Waals surface area contributed by atoms with E-state index in [0.29, 0.717) is 16.9 Å². The van der Waals surface area contributed by atoms with Gasteiger partial charge >= 0.3 is 0 Å². The summed E-state index contributed by atoms with van der Waals surface area (Å²) in [4.78, 5) is 10.5. The second-order valence-electron chi connectivity index (χ2n) is 4.82. The molecule has 0 saturated carbocycles. The highest BCUT2D eigenvalue weighted by Crippen LogP contribution is 2.27. The number of nitro benzene ring substituents is 1. The van der Waals surface area contributed by atoms with Crippen LogP contribution in [0.4, 0.5) is 5.69 Å². The van der Waals surface area contributed by atoms with Crippen molar-refractivity contribution in [3.63, 3.8) is 0 Å². The van der Waals surface area contributed by atoms with Crippen LogP contribution in [0.15, 0.2) is 42.5 Å². The third-order valence-electron chi connectivity index (χ3n) is 3.37. The van der Waals surface area contributed by atoms with E-state index in [4.69, 9.17) is 4.74 Å². The summed E-state index contributed by atoms with van der Waals surface area (Å²) in [6.45, 7) is 3.59. The SMILES string of the molecule is Cc1c(COc2ccccc2[C@H](C)O)cccc1[N+](=O)[O-]. The van der Waals surface area contributed by atoms with E-state index in [1.807, 2.05) is 12.1 Å². The lowest BCUT2D eigenvalue weighted by Gasteiger charge is -2.14. The molecule has 21 heavy (non-hydrogen) atoms. The minimum Gasteiger partial charge on any atom is -0.489 e. The van der Waals surface area contributed by atoms with E-state index in [2.05, 4.69) is 0 Å². The van der Waals surface area contributed by atoms with Gasteiger partial charge in [-0.15, -0.1) is 0 Å². The first-order valence-corrected chi connectivity index (χ1v) is 6.63. The van der Waals surface area contributed by atoms with E-state index in [1.54, 1.807) is 38.1 Å². The molecule has 0 saturated heterocycles. The fourth-order valence-electron chi connectivity index (χ4n) is 2.14. The zero-order valence-electron chi connectivity index (χ0n) is 11.9. The van der Waals surface area contributed by atoms with Crippen molar-refractivity contribution in [2.24, 2.45) is 0 Å². The van der Waals surface area contributed by atoms with Crippen molar-refractivity contribution in [1.29, 1.82) is 0 Å². The maximum Gasteiger partial charge on any atom is 0.272 e. The van der Waals surface area contributed by atoms with Gasteiger partial charge in [0.1, 0.15) is 12.4 Å². The minimum absolute atomic E-state index is 0.0833. The molecule has 0 aliphatic heterocycles. The quantitative estimate of drug-likeness (QED) is 0.674. The number of nitro groups is 1. The predicted octanol–water partition coefficient (Wildman–Crippen LogP) is 3.54. The lowest BCUT2D eigenvalue weighted by molar-refractivity contribution is -0.385. The number of hydrogen-bond acceptors (Lipinski definition) is 4. The lowest BCUT2D eigenvalue weighted by Crippen LogP contribution is -2.03. The molecule has 0 bridgehead atoms. The van der Waals surface area contributed by atoms with E-state index in [0.717, 1.165) is 5.56 Å². The van der Waals surface area contributed by atoms with Gasteiger partial charge < -0.3 is 9.84 Å². The Bertz CT molecular complexity index is 652. The zero-order chi connectivity index (χ0) is 15.4. The second kappa shape index (κ2) is 6.37. The molecule has 0 spiro atoms. The molecule has 2 aromatic carbocycles. The number of aliphatic hydroxyl groups excluding tert-OH is 1. The Morgan fingerprint density at radius 3 is 2.62 bits per heavy atom. The average molecular weight is 287 g/mol. The molecule has 1 N–H and O–H groups in total. The van der Waals surface area contributed by atoms with Gasteiger partial charge in [-0.2, -0.15) is 0 Å². The molecule has 0 aliphatic carbocycles. The highest BCUT2D eigenvalue weighted by atomic mass is 16.6. The van der Waals surface area contributed by atoms with Crippen LogP contribution < -0.4 is 4.74 Å². The molecule has 110 valence electrons. The first-order chi connectivity index (χ1) is 10.0. The van der Waals surface area contributed by atoms with Crippen molar-refractivity contribution in [1.82, 2.24) is 0 Å². The molecule has 0 fully saturated rings. The number of ether oxygens (including phenoxy) is 1. The van der Waals surface area contributed by atoms with Gasteiger partial charge in [0, 0.05) is 17.2 Å². The molecule has 2 rings (SSSR count). The zero-order valence-corrected chi connectivity index (χ0v) is 11.9. The number of aliphatic hydroxyl groups is 1. The highest BCUT2D eigenvalue weighted by molar-refractivity contribution is 5.44.